The summed E-state index contributed by atoms with van der Waals surface area (Å²) in [7, 11) is 0. The summed E-state index contributed by atoms with van der Waals surface area (Å²) in [6.07, 6.45) is 0.997. The lowest BCUT2D eigenvalue weighted by molar-refractivity contribution is 0.0695. The van der Waals surface area contributed by atoms with Crippen LogP contribution in [-0.4, -0.2) is 15.6 Å². The number of fused-ring (bicyclic) bond motifs is 1. The van der Waals surface area contributed by atoms with E-state index in [1.165, 1.54) is 22.8 Å². The van der Waals surface area contributed by atoms with Crippen molar-refractivity contribution in [2.75, 3.05) is 0 Å². The van der Waals surface area contributed by atoms with E-state index < -0.39 is 34.4 Å². The van der Waals surface area contributed by atoms with Crippen LogP contribution >= 0.6 is 0 Å². The Labute approximate surface area is 133 Å². The number of hydrogen-bond acceptors (Lipinski definition) is 2. The van der Waals surface area contributed by atoms with Crippen molar-refractivity contribution in [1.29, 1.82) is 0 Å². The summed E-state index contributed by atoms with van der Waals surface area (Å²) in [6.45, 7) is -0.144. The molecule has 1 N–H and O–H groups in total. The third-order valence-corrected chi connectivity index (χ3v) is 3.65. The number of rotatable bonds is 3. The SMILES string of the molecule is O=C(O)c1cn(Cc2ccccc2F)c2cc(F)c(F)cc2c1=O. The molecule has 0 saturated carbocycles. The normalized spacial score (nSPS) is 11.0. The molecule has 0 spiro atoms. The molecule has 4 nitrogen and oxygen atoms in total. The maximum Gasteiger partial charge on any atom is 0.341 e. The number of pyridine rings is 1. The monoisotopic (exact) mass is 333 g/mol. The van der Waals surface area contributed by atoms with Gasteiger partial charge < -0.3 is 9.67 Å². The molecule has 0 aliphatic rings. The summed E-state index contributed by atoms with van der Waals surface area (Å²) in [6, 6.07) is 7.20. The van der Waals surface area contributed by atoms with Crippen molar-refractivity contribution in [2.45, 2.75) is 6.54 Å². The zero-order valence-electron chi connectivity index (χ0n) is 12.1. The van der Waals surface area contributed by atoms with Gasteiger partial charge in [0.15, 0.2) is 11.6 Å². The van der Waals surface area contributed by atoms with Gasteiger partial charge in [0.05, 0.1) is 12.1 Å². The van der Waals surface area contributed by atoms with Crippen LogP contribution in [0.25, 0.3) is 10.9 Å². The van der Waals surface area contributed by atoms with Crippen LogP contribution in [0.4, 0.5) is 13.2 Å². The van der Waals surface area contributed by atoms with Crippen LogP contribution in [0.1, 0.15) is 15.9 Å². The van der Waals surface area contributed by atoms with Crippen LogP contribution < -0.4 is 5.43 Å². The highest BCUT2D eigenvalue weighted by Crippen LogP contribution is 2.19. The van der Waals surface area contributed by atoms with Crippen LogP contribution in [0.2, 0.25) is 0 Å². The first-order valence-electron chi connectivity index (χ1n) is 6.87. The molecule has 0 aliphatic heterocycles. The second kappa shape index (κ2) is 5.84. The number of carbonyl (C=O) groups is 1. The third kappa shape index (κ3) is 2.64. The quantitative estimate of drug-likeness (QED) is 0.801. The van der Waals surface area contributed by atoms with Gasteiger partial charge in [-0.2, -0.15) is 0 Å². The molecule has 0 saturated heterocycles. The average Bonchev–Trinajstić information content (AvgIpc) is 2.53. The Morgan fingerprint density at radius 2 is 1.71 bits per heavy atom. The van der Waals surface area contributed by atoms with Gasteiger partial charge in [0.1, 0.15) is 11.4 Å². The van der Waals surface area contributed by atoms with E-state index in [2.05, 4.69) is 0 Å². The average molecular weight is 333 g/mol. The lowest BCUT2D eigenvalue weighted by Gasteiger charge is -2.13. The van der Waals surface area contributed by atoms with Gasteiger partial charge in [-0.15, -0.1) is 0 Å². The van der Waals surface area contributed by atoms with Gasteiger partial charge in [-0.1, -0.05) is 18.2 Å². The number of hydrogen-bond donors (Lipinski definition) is 1. The number of aromatic nitrogens is 1. The molecule has 2 aromatic carbocycles. The van der Waals surface area contributed by atoms with Gasteiger partial charge in [-0.3, -0.25) is 4.79 Å². The Kier molecular flexibility index (Phi) is 3.84. The smallest absolute Gasteiger partial charge is 0.341 e. The Hall–Kier alpha value is -3.09. The van der Waals surface area contributed by atoms with E-state index in [1.54, 1.807) is 6.07 Å². The van der Waals surface area contributed by atoms with E-state index in [0.29, 0.717) is 6.07 Å². The predicted molar refractivity (Wildman–Crippen MR) is 80.6 cm³/mol. The highest BCUT2D eigenvalue weighted by atomic mass is 19.2. The van der Waals surface area contributed by atoms with Crippen molar-refractivity contribution in [3.63, 3.8) is 0 Å². The van der Waals surface area contributed by atoms with Gasteiger partial charge in [0.2, 0.25) is 5.43 Å². The summed E-state index contributed by atoms with van der Waals surface area (Å²) in [5.74, 6) is -4.50. The van der Waals surface area contributed by atoms with E-state index in [0.717, 1.165) is 12.3 Å². The van der Waals surface area contributed by atoms with Gasteiger partial charge in [-0.05, 0) is 12.1 Å². The van der Waals surface area contributed by atoms with Crippen LogP contribution in [0.3, 0.4) is 0 Å². The fourth-order valence-corrected chi connectivity index (χ4v) is 2.48. The minimum absolute atomic E-state index is 0.0212. The van der Waals surface area contributed by atoms with Crippen molar-refractivity contribution in [3.05, 3.63) is 81.4 Å². The summed E-state index contributed by atoms with van der Waals surface area (Å²) >= 11 is 0. The van der Waals surface area contributed by atoms with Crippen LogP contribution in [0, 0.1) is 17.5 Å². The van der Waals surface area contributed by atoms with Gasteiger partial charge in [0, 0.05) is 23.2 Å². The van der Waals surface area contributed by atoms with Crippen molar-refractivity contribution in [1.82, 2.24) is 4.57 Å². The minimum Gasteiger partial charge on any atom is -0.477 e. The van der Waals surface area contributed by atoms with E-state index in [9.17, 15) is 22.8 Å². The molecule has 7 heteroatoms. The Bertz CT molecular complexity index is 1030. The molecular weight excluding hydrogens is 323 g/mol. The number of halogens is 3. The Morgan fingerprint density at radius 3 is 2.38 bits per heavy atom. The largest absolute Gasteiger partial charge is 0.477 e. The lowest BCUT2D eigenvalue weighted by atomic mass is 10.1. The van der Waals surface area contributed by atoms with Crippen molar-refractivity contribution in [2.24, 2.45) is 0 Å². The van der Waals surface area contributed by atoms with Crippen molar-refractivity contribution < 1.29 is 23.1 Å². The highest BCUT2D eigenvalue weighted by molar-refractivity contribution is 5.92. The summed E-state index contributed by atoms with van der Waals surface area (Å²) in [4.78, 5) is 23.4. The number of aromatic carboxylic acids is 1. The number of carboxylic acids is 1. The molecule has 3 rings (SSSR count). The van der Waals surface area contributed by atoms with E-state index in [-0.39, 0.29) is 23.0 Å². The van der Waals surface area contributed by atoms with Crippen LogP contribution in [0.15, 0.2) is 47.4 Å². The van der Waals surface area contributed by atoms with Crippen molar-refractivity contribution >= 4 is 16.9 Å². The molecule has 3 aromatic rings. The zero-order valence-corrected chi connectivity index (χ0v) is 12.1. The molecule has 1 aromatic heterocycles. The molecule has 122 valence electrons. The standard InChI is InChI=1S/C17H10F3NO3/c18-12-4-2-1-3-9(12)7-21-8-11(17(23)24)16(22)10-5-13(19)14(20)6-15(10)21/h1-6,8H,7H2,(H,23,24). The Morgan fingerprint density at radius 1 is 1.04 bits per heavy atom. The summed E-state index contributed by atoms with van der Waals surface area (Å²) < 4.78 is 42.1. The molecule has 0 amide bonds. The fraction of sp³-hybridized carbons (Fsp3) is 0.0588. The summed E-state index contributed by atoms with van der Waals surface area (Å²) in [5.41, 5.74) is -1.35. The second-order valence-corrected chi connectivity index (χ2v) is 5.18. The topological polar surface area (TPSA) is 59.3 Å². The maximum atomic E-state index is 13.8. The summed E-state index contributed by atoms with van der Waals surface area (Å²) in [5, 5.41) is 8.85. The molecule has 0 radical (unpaired) electrons. The molecule has 24 heavy (non-hydrogen) atoms. The molecule has 0 aliphatic carbocycles. The first-order chi connectivity index (χ1) is 11.4. The van der Waals surface area contributed by atoms with Gasteiger partial charge >= 0.3 is 5.97 Å². The predicted octanol–water partition coefficient (Wildman–Crippen LogP) is 3.17. The molecular formula is C17H10F3NO3. The molecule has 0 atom stereocenters. The number of benzene rings is 2. The van der Waals surface area contributed by atoms with E-state index in [1.807, 2.05) is 0 Å². The van der Waals surface area contributed by atoms with Crippen LogP contribution in [-0.2, 0) is 6.54 Å². The van der Waals surface area contributed by atoms with Gasteiger partial charge in [-0.25, -0.2) is 18.0 Å². The highest BCUT2D eigenvalue weighted by Gasteiger charge is 2.17. The molecule has 0 unspecified atom stereocenters. The van der Waals surface area contributed by atoms with E-state index in [4.69, 9.17) is 5.11 Å². The fourth-order valence-electron chi connectivity index (χ4n) is 2.48. The first-order valence-corrected chi connectivity index (χ1v) is 6.87. The number of carboxylic acid groups (broad SMARTS) is 1. The molecule has 0 bridgehead atoms. The molecule has 0 fully saturated rings. The Balaban J connectivity index is 2.31. The van der Waals surface area contributed by atoms with Crippen LogP contribution in [0.5, 0.6) is 0 Å². The second-order valence-electron chi connectivity index (χ2n) is 5.18. The maximum absolute atomic E-state index is 13.8. The minimum atomic E-state index is -1.51. The lowest BCUT2D eigenvalue weighted by Crippen LogP contribution is -2.20. The number of nitrogens with zero attached hydrogens (tertiary/aromatic N) is 1. The zero-order chi connectivity index (χ0) is 17.4. The van der Waals surface area contributed by atoms with Gasteiger partial charge in [0.25, 0.3) is 0 Å². The van der Waals surface area contributed by atoms with Crippen molar-refractivity contribution in [3.8, 4) is 0 Å². The first kappa shape index (κ1) is 15.8. The third-order valence-electron chi connectivity index (χ3n) is 3.65. The van der Waals surface area contributed by atoms with E-state index >= 15 is 0 Å². The molecule has 1 heterocycles.